The predicted molar refractivity (Wildman–Crippen MR) is 53.4 cm³/mol. The number of hydrogen-bond donors (Lipinski definition) is 0. The van der Waals surface area contributed by atoms with Crippen LogP contribution in [-0.4, -0.2) is 5.97 Å². The van der Waals surface area contributed by atoms with Crippen molar-refractivity contribution in [2.24, 2.45) is 0 Å². The van der Waals surface area contributed by atoms with Gasteiger partial charge in [-0.2, -0.15) is 0 Å². The van der Waals surface area contributed by atoms with Crippen molar-refractivity contribution in [3.05, 3.63) is 39.9 Å². The maximum Gasteiger partial charge on any atom is 0.338 e. The van der Waals surface area contributed by atoms with Gasteiger partial charge >= 0.3 is 5.97 Å². The Hall–Kier alpha value is -1.09. The van der Waals surface area contributed by atoms with Crippen LogP contribution in [0, 0.1) is 0 Å². The van der Waals surface area contributed by atoms with E-state index in [2.05, 4.69) is 22.5 Å². The van der Waals surface area contributed by atoms with Crippen LogP contribution in [0.4, 0.5) is 0 Å². The van der Waals surface area contributed by atoms with Crippen LogP contribution in [0.2, 0.25) is 0 Å². The van der Waals surface area contributed by atoms with Crippen LogP contribution >= 0.6 is 15.9 Å². The number of rotatable bonds is 1. The Labute approximate surface area is 84.3 Å². The summed E-state index contributed by atoms with van der Waals surface area (Å²) in [6.07, 6.45) is 1.74. The molecule has 66 valence electrons. The molecule has 0 saturated heterocycles. The van der Waals surface area contributed by atoms with Crippen LogP contribution in [0.3, 0.4) is 0 Å². The lowest BCUT2D eigenvalue weighted by Crippen LogP contribution is -1.93. The minimum Gasteiger partial charge on any atom is -0.457 e. The highest BCUT2D eigenvalue weighted by molar-refractivity contribution is 9.10. The maximum absolute atomic E-state index is 11.1. The molecule has 0 spiro atoms. The second kappa shape index (κ2) is 3.00. The highest BCUT2D eigenvalue weighted by atomic mass is 79.9. The second-order valence-electron chi connectivity index (χ2n) is 2.78. The summed E-state index contributed by atoms with van der Waals surface area (Å²) in [5, 5.41) is 0. The van der Waals surface area contributed by atoms with Gasteiger partial charge in [-0.15, -0.1) is 0 Å². The van der Waals surface area contributed by atoms with Gasteiger partial charge in [-0.3, -0.25) is 0 Å². The molecule has 0 radical (unpaired) electrons. The molecule has 1 aromatic carbocycles. The van der Waals surface area contributed by atoms with Crippen LogP contribution in [0.25, 0.3) is 6.08 Å². The first kappa shape index (κ1) is 8.51. The lowest BCUT2D eigenvalue weighted by Gasteiger charge is -2.01. The number of benzene rings is 1. The fourth-order valence-electron chi connectivity index (χ4n) is 1.34. The van der Waals surface area contributed by atoms with Crippen molar-refractivity contribution >= 4 is 28.0 Å². The molecular formula is C10H7BrO2. The van der Waals surface area contributed by atoms with Gasteiger partial charge in [-0.25, -0.2) is 4.79 Å². The number of halogens is 1. The summed E-state index contributed by atoms with van der Waals surface area (Å²) in [5.41, 5.74) is 2.55. The molecule has 1 aromatic rings. The summed E-state index contributed by atoms with van der Waals surface area (Å²) >= 11 is 3.42. The van der Waals surface area contributed by atoms with Gasteiger partial charge in [0, 0.05) is 10.0 Å². The molecule has 0 unspecified atom stereocenters. The number of cyclic esters (lactones) is 1. The van der Waals surface area contributed by atoms with Crippen molar-refractivity contribution in [1.82, 2.24) is 0 Å². The first-order valence-corrected chi connectivity index (χ1v) is 4.64. The molecule has 2 nitrogen and oxygen atoms in total. The third kappa shape index (κ3) is 1.20. The fraction of sp³-hybridized carbons (Fsp3) is 0.100. The Morgan fingerprint density at radius 3 is 3.00 bits per heavy atom. The predicted octanol–water partition coefficient (Wildman–Crippen LogP) is 2.76. The molecule has 1 aliphatic rings. The highest BCUT2D eigenvalue weighted by Gasteiger charge is 2.23. The van der Waals surface area contributed by atoms with E-state index in [1.165, 1.54) is 0 Å². The van der Waals surface area contributed by atoms with Crippen molar-refractivity contribution in [1.29, 1.82) is 0 Å². The minimum atomic E-state index is -0.244. The molecule has 0 saturated carbocycles. The smallest absolute Gasteiger partial charge is 0.338 e. The first-order chi connectivity index (χ1) is 6.24. The van der Waals surface area contributed by atoms with E-state index in [0.29, 0.717) is 12.2 Å². The standard InChI is InChI=1S/C10H7BrO2/c1-2-6-3-4-7-8(9(6)11)5-13-10(7)12/h2-4H,1,5H2. The number of hydrogen-bond acceptors (Lipinski definition) is 2. The van der Waals surface area contributed by atoms with Gasteiger partial charge in [0.25, 0.3) is 0 Å². The van der Waals surface area contributed by atoms with E-state index in [1.54, 1.807) is 12.1 Å². The molecule has 0 amide bonds. The van der Waals surface area contributed by atoms with Gasteiger partial charge in [-0.1, -0.05) is 18.7 Å². The van der Waals surface area contributed by atoms with Gasteiger partial charge in [0.2, 0.25) is 0 Å². The number of esters is 1. The second-order valence-corrected chi connectivity index (χ2v) is 3.57. The van der Waals surface area contributed by atoms with Crippen LogP contribution in [0.5, 0.6) is 0 Å². The van der Waals surface area contributed by atoms with E-state index in [1.807, 2.05) is 6.07 Å². The third-order valence-electron chi connectivity index (χ3n) is 2.06. The number of ether oxygens (including phenoxy) is 1. The van der Waals surface area contributed by atoms with E-state index in [-0.39, 0.29) is 5.97 Å². The number of carbonyl (C=O) groups is 1. The van der Waals surface area contributed by atoms with Crippen molar-refractivity contribution in [2.75, 3.05) is 0 Å². The van der Waals surface area contributed by atoms with Crippen molar-refractivity contribution in [3.63, 3.8) is 0 Å². The number of fused-ring (bicyclic) bond motifs is 1. The van der Waals surface area contributed by atoms with E-state index >= 15 is 0 Å². The summed E-state index contributed by atoms with van der Waals surface area (Å²) in [5.74, 6) is -0.244. The Kier molecular flexibility index (Phi) is 1.96. The molecule has 0 fully saturated rings. The summed E-state index contributed by atoms with van der Waals surface area (Å²) in [6, 6.07) is 3.62. The summed E-state index contributed by atoms with van der Waals surface area (Å²) in [4.78, 5) is 11.1. The largest absolute Gasteiger partial charge is 0.457 e. The Bertz CT molecular complexity index is 396. The zero-order chi connectivity index (χ0) is 9.42. The molecule has 1 heterocycles. The molecule has 1 aliphatic heterocycles. The van der Waals surface area contributed by atoms with Crippen molar-refractivity contribution < 1.29 is 9.53 Å². The summed E-state index contributed by atoms with van der Waals surface area (Å²) in [6.45, 7) is 4.04. The van der Waals surface area contributed by atoms with E-state index in [0.717, 1.165) is 15.6 Å². The molecule has 0 aromatic heterocycles. The van der Waals surface area contributed by atoms with Crippen molar-refractivity contribution in [3.8, 4) is 0 Å². The first-order valence-electron chi connectivity index (χ1n) is 3.85. The van der Waals surface area contributed by atoms with Gasteiger partial charge in [0.1, 0.15) is 6.61 Å². The fourth-order valence-corrected chi connectivity index (χ4v) is 1.97. The molecule has 0 aliphatic carbocycles. The molecule has 3 heteroatoms. The summed E-state index contributed by atoms with van der Waals surface area (Å²) in [7, 11) is 0. The Morgan fingerprint density at radius 1 is 1.54 bits per heavy atom. The SMILES string of the molecule is C=Cc1ccc2c(c1Br)COC2=O. The Balaban J connectivity index is 2.66. The van der Waals surface area contributed by atoms with E-state index in [9.17, 15) is 4.79 Å². The van der Waals surface area contributed by atoms with Crippen LogP contribution in [0.15, 0.2) is 23.2 Å². The maximum atomic E-state index is 11.1. The van der Waals surface area contributed by atoms with Gasteiger partial charge < -0.3 is 4.74 Å². The van der Waals surface area contributed by atoms with Crippen LogP contribution < -0.4 is 0 Å². The van der Waals surface area contributed by atoms with Crippen molar-refractivity contribution in [2.45, 2.75) is 6.61 Å². The van der Waals surface area contributed by atoms with Gasteiger partial charge in [-0.05, 0) is 27.6 Å². The average molecular weight is 239 g/mol. The zero-order valence-corrected chi connectivity index (χ0v) is 8.43. The van der Waals surface area contributed by atoms with E-state index < -0.39 is 0 Å². The Morgan fingerprint density at radius 2 is 2.31 bits per heavy atom. The molecule has 0 atom stereocenters. The molecule has 2 rings (SSSR count). The lowest BCUT2D eigenvalue weighted by molar-refractivity contribution is 0.0535. The van der Waals surface area contributed by atoms with Gasteiger partial charge in [0.05, 0.1) is 5.56 Å². The topological polar surface area (TPSA) is 26.3 Å². The van der Waals surface area contributed by atoms with E-state index in [4.69, 9.17) is 4.74 Å². The van der Waals surface area contributed by atoms with Crippen LogP contribution in [0.1, 0.15) is 21.5 Å². The average Bonchev–Trinajstić information content (AvgIpc) is 2.50. The number of carbonyl (C=O) groups excluding carboxylic acids is 1. The molecular weight excluding hydrogens is 232 g/mol. The quantitative estimate of drug-likeness (QED) is 0.704. The third-order valence-corrected chi connectivity index (χ3v) is 3.00. The lowest BCUT2D eigenvalue weighted by atomic mass is 10.1. The van der Waals surface area contributed by atoms with Gasteiger partial charge in [0.15, 0.2) is 0 Å². The normalized spacial score (nSPS) is 13.8. The van der Waals surface area contributed by atoms with Crippen LogP contribution in [-0.2, 0) is 11.3 Å². The minimum absolute atomic E-state index is 0.244. The highest BCUT2D eigenvalue weighted by Crippen LogP contribution is 2.30. The zero-order valence-electron chi connectivity index (χ0n) is 6.84. The molecule has 0 bridgehead atoms. The monoisotopic (exact) mass is 238 g/mol. The molecule has 13 heavy (non-hydrogen) atoms. The summed E-state index contributed by atoms with van der Waals surface area (Å²) < 4.78 is 5.81. The molecule has 0 N–H and O–H groups in total.